The highest BCUT2D eigenvalue weighted by Gasteiger charge is 1.92. The fraction of sp³-hybridized carbons (Fsp3) is 0.750. The first-order chi connectivity index (χ1) is 3.68. The monoisotopic (exact) mass is 215 g/mol. The predicted octanol–water partition coefficient (Wildman–Crippen LogP) is 0.985. The quantitative estimate of drug-likeness (QED) is 0.390. The van der Waals surface area contributed by atoms with Gasteiger partial charge in [-0.15, -0.1) is 0 Å². The van der Waals surface area contributed by atoms with E-state index in [9.17, 15) is 4.79 Å². The molecule has 1 atom stereocenters. The van der Waals surface area contributed by atoms with E-state index >= 15 is 0 Å². The fourth-order valence-corrected chi connectivity index (χ4v) is 0.354. The second-order valence-electron chi connectivity index (χ2n) is 0.861. The molecular formula is C4H7IO2. The van der Waals surface area contributed by atoms with Crippen LogP contribution in [0, 0.1) is 0 Å². The van der Waals surface area contributed by atoms with Crippen LogP contribution < -0.4 is 0 Å². The summed E-state index contributed by atoms with van der Waals surface area (Å²) in [5, 5.41) is 0. The average Bonchev–Trinajstić information content (AvgIpc) is 1.67. The molecule has 0 aliphatic rings. The van der Waals surface area contributed by atoms with Crippen molar-refractivity contribution in [2.75, 3.05) is 11.0 Å². The van der Waals surface area contributed by atoms with Gasteiger partial charge in [0.25, 0.3) is 0 Å². The molecule has 1 unspecified atom stereocenters. The minimum Gasteiger partial charge on any atom is -0.465 e. The lowest BCUT2D eigenvalue weighted by Gasteiger charge is -1.93. The van der Waals surface area contributed by atoms with Crippen LogP contribution in [0.15, 0.2) is 0 Å². The van der Waals surface area contributed by atoms with E-state index in [1.165, 1.54) is 0 Å². The van der Waals surface area contributed by atoms with Crippen molar-refractivity contribution in [2.45, 2.75) is 6.92 Å². The maximum absolute atomic E-state index is 10.3. The van der Waals surface area contributed by atoms with Crippen molar-refractivity contribution in [3.63, 3.8) is 0 Å². The van der Waals surface area contributed by atoms with E-state index in [2.05, 4.69) is 4.74 Å². The van der Waals surface area contributed by atoms with E-state index in [-0.39, 0.29) is 0 Å². The Labute approximate surface area is 57.8 Å². The number of hydrogen-bond acceptors (Lipinski definition) is 2. The zero-order valence-corrected chi connectivity index (χ0v) is 6.14. The first-order valence-electron chi connectivity index (χ1n) is 2.49. The Morgan fingerprint density at radius 1 is 2.14 bits per heavy atom. The summed E-state index contributed by atoms with van der Waals surface area (Å²) in [6.07, 6.45) is 0. The number of hydrogen-bond donors (Lipinski definition) is 0. The van der Waals surface area contributed by atoms with Gasteiger partial charge in [-0.2, -0.15) is 0 Å². The highest BCUT2D eigenvalue weighted by molar-refractivity contribution is 14.1. The normalized spacial score (nSPS) is 14.9. The van der Waals surface area contributed by atoms with Gasteiger partial charge in [0.05, 0.1) is 11.0 Å². The zero-order chi connectivity index (χ0) is 6.57. The Kier molecular flexibility index (Phi) is 3.33. The van der Waals surface area contributed by atoms with Gasteiger partial charge in [-0.1, -0.05) is 22.6 Å². The van der Waals surface area contributed by atoms with Crippen LogP contribution in [0.4, 0.5) is 0 Å². The summed E-state index contributed by atoms with van der Waals surface area (Å²) in [6.45, 7) is 2.08. The molecule has 0 amide bonds. The van der Waals surface area contributed by atoms with E-state index in [1.54, 1.807) is 29.5 Å². The van der Waals surface area contributed by atoms with Gasteiger partial charge in [0.2, 0.25) is 0 Å². The van der Waals surface area contributed by atoms with Gasteiger partial charge in [-0.05, 0) is 6.92 Å². The van der Waals surface area contributed by atoms with E-state index in [0.717, 1.165) is 0 Å². The van der Waals surface area contributed by atoms with Crippen molar-refractivity contribution in [3.05, 3.63) is 0 Å². The Bertz CT molecular complexity index is 84.1. The Morgan fingerprint density at radius 3 is 2.86 bits per heavy atom. The minimum atomic E-state index is -0.771. The summed E-state index contributed by atoms with van der Waals surface area (Å²) in [6, 6.07) is 0. The third-order valence-electron chi connectivity index (χ3n) is 0.376. The van der Waals surface area contributed by atoms with Gasteiger partial charge in [-0.25, -0.2) is 0 Å². The molecule has 0 heterocycles. The van der Waals surface area contributed by atoms with Crippen LogP contribution in [0.25, 0.3) is 0 Å². The first kappa shape index (κ1) is 5.34. The number of rotatable bonds is 2. The third kappa shape index (κ3) is 4.04. The minimum absolute atomic E-state index is 0.358. The number of esters is 1. The summed E-state index contributed by atoms with van der Waals surface area (Å²) in [7, 11) is 0. The maximum Gasteiger partial charge on any atom is 0.315 e. The van der Waals surface area contributed by atoms with Crippen molar-refractivity contribution >= 4 is 28.6 Å². The molecule has 2 nitrogen and oxygen atoms in total. The largest absolute Gasteiger partial charge is 0.465 e. The Morgan fingerprint density at radius 2 is 2.71 bits per heavy atom. The van der Waals surface area contributed by atoms with Crippen LogP contribution in [0.3, 0.4) is 0 Å². The molecule has 0 saturated heterocycles. The average molecular weight is 215 g/mol. The number of carbonyl (C=O) groups is 1. The SMILES string of the molecule is [2H]C(I)C(=O)OCC. The second-order valence-corrected chi connectivity index (χ2v) is 1.48. The Hall–Kier alpha value is 0.200. The molecule has 0 saturated carbocycles. The van der Waals surface area contributed by atoms with Gasteiger partial charge in [-0.3, -0.25) is 4.79 Å². The van der Waals surface area contributed by atoms with E-state index < -0.39 is 10.4 Å². The summed E-state index contributed by atoms with van der Waals surface area (Å²) in [5.41, 5.74) is 0. The molecule has 0 aliphatic heterocycles. The highest BCUT2D eigenvalue weighted by Crippen LogP contribution is 1.83. The number of ether oxygens (including phenoxy) is 1. The molecule has 0 aromatic carbocycles. The molecule has 3 heteroatoms. The number of halogens is 1. The second kappa shape index (κ2) is 4.36. The molecule has 42 valence electrons. The number of alkyl halides is 1. The molecule has 0 spiro atoms. The van der Waals surface area contributed by atoms with E-state index in [4.69, 9.17) is 1.37 Å². The Balaban J connectivity index is 3.33. The third-order valence-corrected chi connectivity index (χ3v) is 0.884. The van der Waals surface area contributed by atoms with Crippen molar-refractivity contribution < 1.29 is 10.9 Å². The van der Waals surface area contributed by atoms with Crippen molar-refractivity contribution in [1.29, 1.82) is 0 Å². The molecule has 0 aromatic rings. The van der Waals surface area contributed by atoms with E-state index in [0.29, 0.717) is 6.61 Å². The maximum atomic E-state index is 10.3. The molecule has 0 fully saturated rings. The van der Waals surface area contributed by atoms with Crippen molar-refractivity contribution in [3.8, 4) is 0 Å². The summed E-state index contributed by atoms with van der Waals surface area (Å²) in [4.78, 5) is 10.3. The van der Waals surface area contributed by atoms with Crippen LogP contribution in [0.2, 0.25) is 0 Å². The van der Waals surface area contributed by atoms with Crippen molar-refractivity contribution in [1.82, 2.24) is 0 Å². The molecule has 7 heavy (non-hydrogen) atoms. The predicted molar refractivity (Wildman–Crippen MR) is 35.5 cm³/mol. The zero-order valence-electron chi connectivity index (χ0n) is 4.98. The molecule has 0 radical (unpaired) electrons. The first-order valence-corrected chi connectivity index (χ1v) is 3.16. The van der Waals surface area contributed by atoms with Gasteiger partial charge in [0.1, 0.15) is 0 Å². The van der Waals surface area contributed by atoms with Crippen LogP contribution in [0.1, 0.15) is 8.29 Å². The molecule has 0 aliphatic carbocycles. The standard InChI is InChI=1S/C4H7IO2/c1-2-7-4(6)3-5/h2-3H2,1H3/i3D. The van der Waals surface area contributed by atoms with Gasteiger partial charge in [0.15, 0.2) is 0 Å². The van der Waals surface area contributed by atoms with Crippen molar-refractivity contribution in [2.24, 2.45) is 0 Å². The lowest BCUT2D eigenvalue weighted by Crippen LogP contribution is -2.03. The van der Waals surface area contributed by atoms with Crippen LogP contribution >= 0.6 is 22.6 Å². The lowest BCUT2D eigenvalue weighted by atomic mass is 10.8. The van der Waals surface area contributed by atoms with Crippen LogP contribution in [-0.4, -0.2) is 17.0 Å². The molecule has 0 aromatic heterocycles. The molecule has 0 bridgehead atoms. The van der Waals surface area contributed by atoms with Crippen LogP contribution in [0.5, 0.6) is 0 Å². The van der Waals surface area contributed by atoms with Gasteiger partial charge in [0, 0.05) is 1.37 Å². The summed E-state index contributed by atoms with van der Waals surface area (Å²) >= 11 is 1.68. The topological polar surface area (TPSA) is 26.3 Å². The van der Waals surface area contributed by atoms with E-state index in [1.807, 2.05) is 0 Å². The summed E-state index contributed by atoms with van der Waals surface area (Å²) in [5.74, 6) is -0.465. The van der Waals surface area contributed by atoms with Crippen LogP contribution in [-0.2, 0) is 9.53 Å². The summed E-state index contributed by atoms with van der Waals surface area (Å²) < 4.78 is 10.5. The fourth-order valence-electron chi connectivity index (χ4n) is 0.174. The lowest BCUT2D eigenvalue weighted by molar-refractivity contribution is -0.139. The highest BCUT2D eigenvalue weighted by atomic mass is 127. The van der Waals surface area contributed by atoms with Gasteiger partial charge >= 0.3 is 5.97 Å². The smallest absolute Gasteiger partial charge is 0.315 e. The van der Waals surface area contributed by atoms with Gasteiger partial charge < -0.3 is 4.74 Å². The molecule has 0 N–H and O–H groups in total. The number of carbonyl (C=O) groups excluding carboxylic acids is 1. The molecule has 0 rings (SSSR count). The molecular weight excluding hydrogens is 207 g/mol.